The number of carbonyl (C=O) groups is 1. The monoisotopic (exact) mass is 338 g/mol. The van der Waals surface area contributed by atoms with E-state index in [-0.39, 0.29) is 24.1 Å². The van der Waals surface area contributed by atoms with Gasteiger partial charge in [-0.25, -0.2) is 8.42 Å². The van der Waals surface area contributed by atoms with Crippen LogP contribution in [0.2, 0.25) is 0 Å². The lowest BCUT2D eigenvalue weighted by Crippen LogP contribution is -2.44. The number of likely N-dealkylation sites (tertiary alicyclic amines) is 1. The van der Waals surface area contributed by atoms with Gasteiger partial charge in [-0.3, -0.25) is 9.69 Å². The lowest BCUT2D eigenvalue weighted by molar-refractivity contribution is -0.122. The van der Waals surface area contributed by atoms with Gasteiger partial charge in [0.25, 0.3) is 0 Å². The first kappa shape index (κ1) is 17.9. The third-order valence-corrected chi connectivity index (χ3v) is 5.15. The van der Waals surface area contributed by atoms with Crippen LogP contribution in [0.5, 0.6) is 0 Å². The standard InChI is InChI=1S/C17H26N2O3S/c1-23(21,22)13-5-8-17(20)18-16-9-11-19(12-10-16)14-15-6-3-2-4-7-15/h2-4,6-7,16H,5,8-14H2,1H3,(H,18,20). The number of amides is 1. The van der Waals surface area contributed by atoms with Crippen LogP contribution in [0.4, 0.5) is 0 Å². The van der Waals surface area contributed by atoms with E-state index in [0.29, 0.717) is 6.42 Å². The van der Waals surface area contributed by atoms with Gasteiger partial charge >= 0.3 is 0 Å². The highest BCUT2D eigenvalue weighted by Crippen LogP contribution is 2.14. The molecule has 0 bridgehead atoms. The van der Waals surface area contributed by atoms with E-state index >= 15 is 0 Å². The number of nitrogens with one attached hydrogen (secondary N) is 1. The molecule has 0 spiro atoms. The second-order valence-electron chi connectivity index (χ2n) is 6.34. The molecule has 0 radical (unpaired) electrons. The normalized spacial score (nSPS) is 17.1. The van der Waals surface area contributed by atoms with E-state index in [9.17, 15) is 13.2 Å². The van der Waals surface area contributed by atoms with Crippen molar-refractivity contribution >= 4 is 15.7 Å². The van der Waals surface area contributed by atoms with Crippen LogP contribution in [0, 0.1) is 0 Å². The Hall–Kier alpha value is -1.40. The summed E-state index contributed by atoms with van der Waals surface area (Å²) in [7, 11) is -2.98. The van der Waals surface area contributed by atoms with E-state index < -0.39 is 9.84 Å². The molecule has 1 heterocycles. The Kier molecular flexibility index (Phi) is 6.59. The minimum atomic E-state index is -2.98. The molecule has 1 aromatic rings. The first-order valence-corrected chi connectivity index (χ1v) is 10.2. The molecular formula is C17H26N2O3S. The van der Waals surface area contributed by atoms with E-state index in [0.717, 1.165) is 32.5 Å². The van der Waals surface area contributed by atoms with Gasteiger partial charge in [0.1, 0.15) is 9.84 Å². The largest absolute Gasteiger partial charge is 0.353 e. The number of piperidine rings is 1. The zero-order valence-corrected chi connectivity index (χ0v) is 14.5. The highest BCUT2D eigenvalue weighted by atomic mass is 32.2. The van der Waals surface area contributed by atoms with Crippen molar-refractivity contribution in [3.63, 3.8) is 0 Å². The molecule has 0 aliphatic carbocycles. The number of rotatable bonds is 7. The van der Waals surface area contributed by atoms with Crippen molar-refractivity contribution in [1.29, 1.82) is 0 Å². The summed E-state index contributed by atoms with van der Waals surface area (Å²) in [4.78, 5) is 14.3. The molecular weight excluding hydrogens is 312 g/mol. The molecule has 1 N–H and O–H groups in total. The number of hydrogen-bond donors (Lipinski definition) is 1. The Balaban J connectivity index is 1.65. The van der Waals surface area contributed by atoms with Gasteiger partial charge in [0.15, 0.2) is 0 Å². The molecule has 0 aromatic heterocycles. The lowest BCUT2D eigenvalue weighted by Gasteiger charge is -2.32. The third-order valence-electron chi connectivity index (χ3n) is 4.12. The number of benzene rings is 1. The smallest absolute Gasteiger partial charge is 0.220 e. The maximum Gasteiger partial charge on any atom is 0.220 e. The average molecular weight is 338 g/mol. The van der Waals surface area contributed by atoms with E-state index in [1.807, 2.05) is 6.07 Å². The third kappa shape index (κ3) is 7.14. The highest BCUT2D eigenvalue weighted by Gasteiger charge is 2.20. The molecule has 6 heteroatoms. The topological polar surface area (TPSA) is 66.5 Å². The Labute approximate surface area is 139 Å². The van der Waals surface area contributed by atoms with E-state index in [1.54, 1.807) is 0 Å². The summed E-state index contributed by atoms with van der Waals surface area (Å²) < 4.78 is 22.1. The van der Waals surface area contributed by atoms with Crippen LogP contribution >= 0.6 is 0 Å². The van der Waals surface area contributed by atoms with Crippen LogP contribution in [-0.4, -0.2) is 50.4 Å². The Morgan fingerprint density at radius 2 is 1.87 bits per heavy atom. The van der Waals surface area contributed by atoms with Crippen LogP contribution in [0.3, 0.4) is 0 Å². The summed E-state index contributed by atoms with van der Waals surface area (Å²) in [6.07, 6.45) is 3.79. The van der Waals surface area contributed by atoms with Crippen molar-refractivity contribution in [2.75, 3.05) is 25.1 Å². The highest BCUT2D eigenvalue weighted by molar-refractivity contribution is 7.90. The predicted octanol–water partition coefficient (Wildman–Crippen LogP) is 1.59. The second-order valence-corrected chi connectivity index (χ2v) is 8.60. The summed E-state index contributed by atoms with van der Waals surface area (Å²) in [5.74, 6) is 0.0470. The molecule has 23 heavy (non-hydrogen) atoms. The lowest BCUT2D eigenvalue weighted by atomic mass is 10.0. The first-order chi connectivity index (χ1) is 10.9. The summed E-state index contributed by atoms with van der Waals surface area (Å²) in [5.41, 5.74) is 1.32. The average Bonchev–Trinajstić information content (AvgIpc) is 2.49. The fourth-order valence-electron chi connectivity index (χ4n) is 2.87. The maximum atomic E-state index is 11.9. The minimum absolute atomic E-state index is 0.0323. The zero-order valence-electron chi connectivity index (χ0n) is 13.7. The summed E-state index contributed by atoms with van der Waals surface area (Å²) in [6, 6.07) is 10.6. The Bertz CT molecular complexity index is 594. The van der Waals surface area contributed by atoms with Crippen LogP contribution in [0.15, 0.2) is 30.3 Å². The zero-order chi connectivity index (χ0) is 16.7. The van der Waals surface area contributed by atoms with E-state index in [1.165, 1.54) is 11.8 Å². The molecule has 1 amide bonds. The molecule has 1 saturated heterocycles. The van der Waals surface area contributed by atoms with Gasteiger partial charge in [0.2, 0.25) is 5.91 Å². The quantitative estimate of drug-likeness (QED) is 0.820. The van der Waals surface area contributed by atoms with Gasteiger partial charge in [0.05, 0.1) is 5.75 Å². The molecule has 0 saturated carbocycles. The fraction of sp³-hybridized carbons (Fsp3) is 0.588. The van der Waals surface area contributed by atoms with Gasteiger partial charge in [-0.15, -0.1) is 0 Å². The molecule has 0 unspecified atom stereocenters. The van der Waals surface area contributed by atoms with Crippen molar-refractivity contribution in [3.8, 4) is 0 Å². The Morgan fingerprint density at radius 3 is 2.48 bits per heavy atom. The fourth-order valence-corrected chi connectivity index (χ4v) is 3.54. The van der Waals surface area contributed by atoms with Gasteiger partial charge in [-0.05, 0) is 24.8 Å². The first-order valence-electron chi connectivity index (χ1n) is 8.16. The molecule has 1 aliphatic rings. The molecule has 0 atom stereocenters. The number of hydrogen-bond acceptors (Lipinski definition) is 4. The second kappa shape index (κ2) is 8.45. The summed E-state index contributed by atoms with van der Waals surface area (Å²) in [6.45, 7) is 2.90. The molecule has 1 fully saturated rings. The SMILES string of the molecule is CS(=O)(=O)CCCC(=O)NC1CCN(Cc2ccccc2)CC1. The molecule has 1 aromatic carbocycles. The molecule has 128 valence electrons. The van der Waals surface area contributed by atoms with Crippen LogP contribution in [0.25, 0.3) is 0 Å². The number of nitrogens with zero attached hydrogens (tertiary/aromatic N) is 1. The van der Waals surface area contributed by atoms with Crippen molar-refractivity contribution in [2.45, 2.75) is 38.3 Å². The van der Waals surface area contributed by atoms with E-state index in [4.69, 9.17) is 0 Å². The predicted molar refractivity (Wildman–Crippen MR) is 91.8 cm³/mol. The number of sulfone groups is 1. The summed E-state index contributed by atoms with van der Waals surface area (Å²) in [5, 5.41) is 3.03. The van der Waals surface area contributed by atoms with Gasteiger partial charge < -0.3 is 5.32 Å². The van der Waals surface area contributed by atoms with Crippen molar-refractivity contribution in [3.05, 3.63) is 35.9 Å². The molecule has 5 nitrogen and oxygen atoms in total. The van der Waals surface area contributed by atoms with Crippen LogP contribution < -0.4 is 5.32 Å². The van der Waals surface area contributed by atoms with Crippen molar-refractivity contribution in [2.24, 2.45) is 0 Å². The van der Waals surface area contributed by atoms with Crippen molar-refractivity contribution < 1.29 is 13.2 Å². The van der Waals surface area contributed by atoms with E-state index in [2.05, 4.69) is 34.5 Å². The molecule has 2 rings (SSSR count). The number of carbonyl (C=O) groups excluding carboxylic acids is 1. The van der Waals surface area contributed by atoms with Gasteiger partial charge in [-0.2, -0.15) is 0 Å². The van der Waals surface area contributed by atoms with Crippen LogP contribution in [-0.2, 0) is 21.2 Å². The maximum absolute atomic E-state index is 11.9. The van der Waals surface area contributed by atoms with Crippen molar-refractivity contribution in [1.82, 2.24) is 10.2 Å². The van der Waals surface area contributed by atoms with Gasteiger partial charge in [-0.1, -0.05) is 30.3 Å². The van der Waals surface area contributed by atoms with Gasteiger partial charge in [0, 0.05) is 38.4 Å². The van der Waals surface area contributed by atoms with Crippen LogP contribution in [0.1, 0.15) is 31.2 Å². The Morgan fingerprint density at radius 1 is 1.22 bits per heavy atom. The molecule has 1 aliphatic heterocycles. The minimum Gasteiger partial charge on any atom is -0.353 e. The summed E-state index contributed by atoms with van der Waals surface area (Å²) >= 11 is 0.